The van der Waals surface area contributed by atoms with Gasteiger partial charge in [0.1, 0.15) is 0 Å². The molecule has 3 rings (SSSR count). The number of rotatable bonds is 1. The zero-order valence-corrected chi connectivity index (χ0v) is 10.9. The number of nitrogens with one attached hydrogen (secondary N) is 1. The molecular formula is C14H19N3O. The van der Waals surface area contributed by atoms with Crippen molar-refractivity contribution < 1.29 is 0 Å². The Kier molecular flexibility index (Phi) is 2.73. The maximum absolute atomic E-state index is 12.1. The second kappa shape index (κ2) is 4.26. The van der Waals surface area contributed by atoms with Gasteiger partial charge in [-0.25, -0.2) is 9.78 Å². The van der Waals surface area contributed by atoms with Gasteiger partial charge in [-0.15, -0.1) is 0 Å². The molecule has 2 aromatic rings. The van der Waals surface area contributed by atoms with Crippen molar-refractivity contribution in [3.63, 3.8) is 0 Å². The highest BCUT2D eigenvalue weighted by atomic mass is 16.1. The number of pyridine rings is 1. The number of fused-ring (bicyclic) bond motifs is 1. The Morgan fingerprint density at radius 3 is 2.78 bits per heavy atom. The first kappa shape index (κ1) is 11.5. The van der Waals surface area contributed by atoms with Gasteiger partial charge in [0.25, 0.3) is 0 Å². The fourth-order valence-electron chi connectivity index (χ4n) is 2.96. The van der Waals surface area contributed by atoms with Gasteiger partial charge in [0, 0.05) is 12.2 Å². The lowest BCUT2D eigenvalue weighted by molar-refractivity contribution is 0.289. The predicted molar refractivity (Wildman–Crippen MR) is 71.8 cm³/mol. The van der Waals surface area contributed by atoms with E-state index in [0.717, 1.165) is 35.5 Å². The minimum absolute atomic E-state index is 0.0114. The van der Waals surface area contributed by atoms with Crippen LogP contribution in [0, 0.1) is 12.8 Å². The third-order valence-electron chi connectivity index (χ3n) is 4.04. The highest BCUT2D eigenvalue weighted by Gasteiger charge is 2.23. The van der Waals surface area contributed by atoms with Crippen molar-refractivity contribution in [1.29, 1.82) is 0 Å². The summed E-state index contributed by atoms with van der Waals surface area (Å²) in [7, 11) is 0. The van der Waals surface area contributed by atoms with Crippen molar-refractivity contribution >= 4 is 11.2 Å². The Balaban J connectivity index is 2.06. The summed E-state index contributed by atoms with van der Waals surface area (Å²) in [5, 5.41) is 0. The average molecular weight is 245 g/mol. The number of hydrogen-bond acceptors (Lipinski definition) is 2. The Hall–Kier alpha value is -1.58. The molecule has 1 N–H and O–H groups in total. The summed E-state index contributed by atoms with van der Waals surface area (Å²) in [6, 6.07) is 2.31. The van der Waals surface area contributed by atoms with Gasteiger partial charge in [0.2, 0.25) is 0 Å². The van der Waals surface area contributed by atoms with Gasteiger partial charge in [-0.1, -0.05) is 6.92 Å². The van der Waals surface area contributed by atoms with Crippen LogP contribution in [0.5, 0.6) is 0 Å². The first-order valence-electron chi connectivity index (χ1n) is 6.72. The summed E-state index contributed by atoms with van der Waals surface area (Å²) >= 11 is 0. The first-order chi connectivity index (χ1) is 8.65. The molecule has 1 fully saturated rings. The van der Waals surface area contributed by atoms with Crippen molar-refractivity contribution in [1.82, 2.24) is 14.5 Å². The molecule has 0 saturated heterocycles. The van der Waals surface area contributed by atoms with E-state index in [1.54, 1.807) is 0 Å². The van der Waals surface area contributed by atoms with E-state index in [0.29, 0.717) is 6.04 Å². The van der Waals surface area contributed by atoms with E-state index in [1.807, 2.05) is 23.8 Å². The fourth-order valence-corrected chi connectivity index (χ4v) is 2.96. The number of hydrogen-bond donors (Lipinski definition) is 1. The van der Waals surface area contributed by atoms with Crippen LogP contribution in [-0.2, 0) is 0 Å². The zero-order valence-electron chi connectivity index (χ0n) is 10.9. The molecule has 0 spiro atoms. The molecule has 0 atom stereocenters. The number of nitrogens with zero attached hydrogens (tertiary/aromatic N) is 2. The Morgan fingerprint density at radius 1 is 1.33 bits per heavy atom. The number of imidazole rings is 1. The van der Waals surface area contributed by atoms with Gasteiger partial charge < -0.3 is 4.98 Å². The maximum atomic E-state index is 12.1. The molecule has 0 unspecified atom stereocenters. The van der Waals surface area contributed by atoms with E-state index in [-0.39, 0.29) is 5.69 Å². The second-order valence-corrected chi connectivity index (χ2v) is 5.60. The molecule has 1 aliphatic rings. The molecule has 0 aromatic carbocycles. The van der Waals surface area contributed by atoms with Crippen molar-refractivity contribution in [3.05, 3.63) is 28.3 Å². The lowest BCUT2D eigenvalue weighted by atomic mass is 9.87. The minimum atomic E-state index is -0.0114. The van der Waals surface area contributed by atoms with Crippen LogP contribution in [0.15, 0.2) is 17.1 Å². The Morgan fingerprint density at radius 2 is 2.06 bits per heavy atom. The Labute approximate surface area is 106 Å². The monoisotopic (exact) mass is 245 g/mol. The molecule has 4 nitrogen and oxygen atoms in total. The lowest BCUT2D eigenvalue weighted by Gasteiger charge is -2.26. The smallest absolute Gasteiger partial charge is 0.304 e. The van der Waals surface area contributed by atoms with Crippen molar-refractivity contribution in [2.45, 2.75) is 45.6 Å². The molecule has 18 heavy (non-hydrogen) atoms. The third kappa shape index (κ3) is 1.85. The van der Waals surface area contributed by atoms with Crippen LogP contribution in [0.2, 0.25) is 0 Å². The summed E-state index contributed by atoms with van der Waals surface area (Å²) in [4.78, 5) is 19.4. The summed E-state index contributed by atoms with van der Waals surface area (Å²) in [6.07, 6.45) is 6.41. The average Bonchev–Trinajstić information content (AvgIpc) is 2.65. The molecule has 0 radical (unpaired) electrons. The van der Waals surface area contributed by atoms with E-state index in [9.17, 15) is 4.79 Å². The van der Waals surface area contributed by atoms with Crippen molar-refractivity contribution in [2.24, 2.45) is 5.92 Å². The second-order valence-electron chi connectivity index (χ2n) is 5.60. The van der Waals surface area contributed by atoms with Crippen LogP contribution >= 0.6 is 0 Å². The summed E-state index contributed by atoms with van der Waals surface area (Å²) < 4.78 is 1.86. The van der Waals surface area contributed by atoms with Gasteiger partial charge in [-0.3, -0.25) is 4.57 Å². The highest BCUT2D eigenvalue weighted by Crippen LogP contribution is 2.32. The van der Waals surface area contributed by atoms with Crippen molar-refractivity contribution in [3.8, 4) is 0 Å². The zero-order chi connectivity index (χ0) is 12.7. The minimum Gasteiger partial charge on any atom is -0.304 e. The molecule has 4 heteroatoms. The standard InChI is InChI=1S/C14H19N3O/c1-9-3-5-11(6-4-9)17-13-12(16-14(17)18)7-10(2)8-15-13/h7-9,11H,3-6H2,1-2H3,(H,16,18)/t9-,11-. The summed E-state index contributed by atoms with van der Waals surface area (Å²) in [6.45, 7) is 4.28. The molecule has 0 aliphatic heterocycles. The molecular weight excluding hydrogens is 226 g/mol. The van der Waals surface area contributed by atoms with Gasteiger partial charge in [-0.2, -0.15) is 0 Å². The number of H-pyrrole nitrogens is 1. The SMILES string of the molecule is Cc1cnc2c(c1)[nH]c(=O)n2[C@H]1CC[C@H](C)CC1. The van der Waals surface area contributed by atoms with E-state index in [2.05, 4.69) is 16.9 Å². The van der Waals surface area contributed by atoms with Gasteiger partial charge in [0.15, 0.2) is 5.65 Å². The summed E-state index contributed by atoms with van der Waals surface area (Å²) in [5.41, 5.74) is 2.74. The highest BCUT2D eigenvalue weighted by molar-refractivity contribution is 5.71. The van der Waals surface area contributed by atoms with E-state index >= 15 is 0 Å². The quantitative estimate of drug-likeness (QED) is 0.840. The maximum Gasteiger partial charge on any atom is 0.327 e. The Bertz CT molecular complexity index is 617. The van der Waals surface area contributed by atoms with Crippen LogP contribution in [0.1, 0.15) is 44.2 Å². The largest absolute Gasteiger partial charge is 0.327 e. The predicted octanol–water partition coefficient (Wildman–Crippen LogP) is 2.78. The van der Waals surface area contributed by atoms with Crippen LogP contribution in [0.3, 0.4) is 0 Å². The van der Waals surface area contributed by atoms with Crippen LogP contribution in [0.25, 0.3) is 11.2 Å². The van der Waals surface area contributed by atoms with Gasteiger partial charge in [0.05, 0.1) is 5.52 Å². The van der Waals surface area contributed by atoms with Gasteiger partial charge in [-0.05, 0) is 50.2 Å². The van der Waals surface area contributed by atoms with E-state index < -0.39 is 0 Å². The van der Waals surface area contributed by atoms with E-state index in [1.165, 1.54) is 12.8 Å². The normalized spacial score (nSPS) is 24.6. The number of aryl methyl sites for hydroxylation is 1. The van der Waals surface area contributed by atoms with Crippen LogP contribution < -0.4 is 5.69 Å². The molecule has 1 aliphatic carbocycles. The molecule has 96 valence electrons. The lowest BCUT2D eigenvalue weighted by Crippen LogP contribution is -2.25. The molecule has 2 heterocycles. The van der Waals surface area contributed by atoms with Crippen LogP contribution in [0.4, 0.5) is 0 Å². The van der Waals surface area contributed by atoms with Crippen molar-refractivity contribution in [2.75, 3.05) is 0 Å². The van der Waals surface area contributed by atoms with Crippen LogP contribution in [-0.4, -0.2) is 14.5 Å². The topological polar surface area (TPSA) is 50.7 Å². The molecule has 0 amide bonds. The molecule has 1 saturated carbocycles. The first-order valence-corrected chi connectivity index (χ1v) is 6.72. The fraction of sp³-hybridized carbons (Fsp3) is 0.571. The number of aromatic amines is 1. The summed E-state index contributed by atoms with van der Waals surface area (Å²) in [5.74, 6) is 0.789. The molecule has 0 bridgehead atoms. The van der Waals surface area contributed by atoms with Gasteiger partial charge >= 0.3 is 5.69 Å². The number of aromatic nitrogens is 3. The molecule has 2 aromatic heterocycles. The third-order valence-corrected chi connectivity index (χ3v) is 4.04. The van der Waals surface area contributed by atoms with E-state index in [4.69, 9.17) is 0 Å².